The van der Waals surface area contributed by atoms with Gasteiger partial charge < -0.3 is 4.74 Å². The summed E-state index contributed by atoms with van der Waals surface area (Å²) in [6.07, 6.45) is 1.75. The van der Waals surface area contributed by atoms with Crippen LogP contribution >= 0.6 is 0 Å². The maximum absolute atomic E-state index is 13.8. The van der Waals surface area contributed by atoms with Gasteiger partial charge in [-0.15, -0.1) is 0 Å². The summed E-state index contributed by atoms with van der Waals surface area (Å²) in [5.74, 6) is -1.07. The normalized spacial score (nSPS) is 15.2. The highest BCUT2D eigenvalue weighted by atomic mass is 19.1. The Balaban J connectivity index is 1.90. The van der Waals surface area contributed by atoms with E-state index in [1.165, 1.54) is 19.1 Å². The predicted octanol–water partition coefficient (Wildman–Crippen LogP) is 3.86. The van der Waals surface area contributed by atoms with Crippen LogP contribution in [0.15, 0.2) is 36.5 Å². The molecule has 1 aliphatic heterocycles. The van der Waals surface area contributed by atoms with Gasteiger partial charge in [-0.2, -0.15) is 5.10 Å². The van der Waals surface area contributed by atoms with Gasteiger partial charge in [0.25, 0.3) is 0 Å². The number of ether oxygens (including phenoxy) is 1. The average Bonchev–Trinajstić information content (AvgIpc) is 2.86. The third kappa shape index (κ3) is 1.93. The second-order valence-electron chi connectivity index (χ2n) is 5.58. The number of fused-ring (bicyclic) bond motifs is 1. The molecule has 0 radical (unpaired) electrons. The molecule has 22 heavy (non-hydrogen) atoms. The lowest BCUT2D eigenvalue weighted by Gasteiger charge is -2.26. The minimum atomic E-state index is -0.535. The maximum atomic E-state index is 13.8. The molecular formula is C17H14F2N2O. The van der Waals surface area contributed by atoms with E-state index in [1.807, 2.05) is 22.9 Å². The quantitative estimate of drug-likeness (QED) is 0.718. The lowest BCUT2D eigenvalue weighted by molar-refractivity contribution is -0.0266. The molecule has 4 rings (SSSR count). The summed E-state index contributed by atoms with van der Waals surface area (Å²) in [5.41, 5.74) is 2.29. The summed E-state index contributed by atoms with van der Waals surface area (Å²) in [4.78, 5) is 0. The predicted molar refractivity (Wildman–Crippen MR) is 79.7 cm³/mol. The van der Waals surface area contributed by atoms with Crippen molar-refractivity contribution in [3.63, 3.8) is 0 Å². The second-order valence-corrected chi connectivity index (χ2v) is 5.58. The fraction of sp³-hybridized carbons (Fsp3) is 0.235. The Hall–Kier alpha value is -2.27. The minimum Gasteiger partial charge on any atom is -0.377 e. The van der Waals surface area contributed by atoms with Gasteiger partial charge in [0, 0.05) is 10.9 Å². The number of rotatable bonds is 2. The molecule has 2 aromatic carbocycles. The summed E-state index contributed by atoms with van der Waals surface area (Å²) >= 11 is 0. The Morgan fingerprint density at radius 3 is 2.55 bits per heavy atom. The van der Waals surface area contributed by atoms with Crippen molar-refractivity contribution in [1.29, 1.82) is 0 Å². The SMILES string of the molecule is Cc1c(F)cc(-c2cccc3c2cnn3C2COC2)cc1F. The van der Waals surface area contributed by atoms with Crippen molar-refractivity contribution in [1.82, 2.24) is 9.78 Å². The molecule has 0 unspecified atom stereocenters. The van der Waals surface area contributed by atoms with E-state index < -0.39 is 11.6 Å². The van der Waals surface area contributed by atoms with E-state index in [2.05, 4.69) is 5.10 Å². The van der Waals surface area contributed by atoms with Gasteiger partial charge in [-0.1, -0.05) is 12.1 Å². The van der Waals surface area contributed by atoms with Crippen LogP contribution in [0.5, 0.6) is 0 Å². The minimum absolute atomic E-state index is 0.0400. The van der Waals surface area contributed by atoms with E-state index in [1.54, 1.807) is 6.20 Å². The standard InChI is InChI=1S/C17H14F2N2O/c1-10-15(18)5-11(6-16(10)19)13-3-2-4-17-14(13)7-20-21(17)12-8-22-9-12/h2-7,12H,8-9H2,1H3. The third-order valence-corrected chi connectivity index (χ3v) is 4.20. The molecule has 2 heterocycles. The zero-order valence-electron chi connectivity index (χ0n) is 12.0. The average molecular weight is 300 g/mol. The van der Waals surface area contributed by atoms with Crippen molar-refractivity contribution in [2.45, 2.75) is 13.0 Å². The van der Waals surface area contributed by atoms with Crippen LogP contribution in [0.2, 0.25) is 0 Å². The molecular weight excluding hydrogens is 286 g/mol. The maximum Gasteiger partial charge on any atom is 0.129 e. The van der Waals surface area contributed by atoms with Gasteiger partial charge in [-0.05, 0) is 36.2 Å². The van der Waals surface area contributed by atoms with Crippen molar-refractivity contribution in [2.75, 3.05) is 13.2 Å². The second kappa shape index (κ2) is 4.88. The lowest BCUT2D eigenvalue weighted by Crippen LogP contribution is -2.31. The van der Waals surface area contributed by atoms with Crippen LogP contribution in [0.4, 0.5) is 8.78 Å². The first-order valence-electron chi connectivity index (χ1n) is 7.15. The van der Waals surface area contributed by atoms with E-state index in [0.29, 0.717) is 18.8 Å². The Labute approximate surface area is 126 Å². The zero-order chi connectivity index (χ0) is 15.3. The highest BCUT2D eigenvalue weighted by Crippen LogP contribution is 2.32. The van der Waals surface area contributed by atoms with Crippen molar-refractivity contribution >= 4 is 10.9 Å². The highest BCUT2D eigenvalue weighted by Gasteiger charge is 2.23. The van der Waals surface area contributed by atoms with Crippen LogP contribution in [0.1, 0.15) is 11.6 Å². The van der Waals surface area contributed by atoms with Gasteiger partial charge in [-0.25, -0.2) is 8.78 Å². The first kappa shape index (κ1) is 13.4. The van der Waals surface area contributed by atoms with Crippen molar-refractivity contribution in [3.05, 3.63) is 53.7 Å². The smallest absolute Gasteiger partial charge is 0.129 e. The summed E-state index contributed by atoms with van der Waals surface area (Å²) < 4.78 is 34.8. The molecule has 112 valence electrons. The van der Waals surface area contributed by atoms with Gasteiger partial charge in [0.15, 0.2) is 0 Å². The molecule has 0 spiro atoms. The number of aromatic nitrogens is 2. The summed E-state index contributed by atoms with van der Waals surface area (Å²) in [7, 11) is 0. The van der Waals surface area contributed by atoms with Crippen molar-refractivity contribution in [2.24, 2.45) is 0 Å². The fourth-order valence-electron chi connectivity index (χ4n) is 2.78. The summed E-state index contributed by atoms with van der Waals surface area (Å²) in [5, 5.41) is 5.30. The van der Waals surface area contributed by atoms with Gasteiger partial charge in [0.2, 0.25) is 0 Å². The largest absolute Gasteiger partial charge is 0.377 e. The highest BCUT2D eigenvalue weighted by molar-refractivity contribution is 5.94. The first-order valence-corrected chi connectivity index (χ1v) is 7.15. The van der Waals surface area contributed by atoms with Crippen molar-refractivity contribution < 1.29 is 13.5 Å². The molecule has 0 atom stereocenters. The number of hydrogen-bond acceptors (Lipinski definition) is 2. The molecule has 0 aliphatic carbocycles. The molecule has 0 N–H and O–H groups in total. The van der Waals surface area contributed by atoms with Gasteiger partial charge in [0.05, 0.1) is 31.0 Å². The van der Waals surface area contributed by atoms with Gasteiger partial charge in [0.1, 0.15) is 11.6 Å². The molecule has 3 aromatic rings. The molecule has 1 aliphatic rings. The number of nitrogens with zero attached hydrogens (tertiary/aromatic N) is 2. The van der Waals surface area contributed by atoms with E-state index in [9.17, 15) is 8.78 Å². The zero-order valence-corrected chi connectivity index (χ0v) is 12.0. The Morgan fingerprint density at radius 1 is 1.18 bits per heavy atom. The Morgan fingerprint density at radius 2 is 1.91 bits per heavy atom. The molecule has 0 amide bonds. The molecule has 0 bridgehead atoms. The number of halogens is 2. The third-order valence-electron chi connectivity index (χ3n) is 4.20. The van der Waals surface area contributed by atoms with Gasteiger partial charge in [-0.3, -0.25) is 4.68 Å². The first-order chi connectivity index (χ1) is 10.6. The lowest BCUT2D eigenvalue weighted by atomic mass is 10.00. The van der Waals surface area contributed by atoms with Crippen LogP contribution in [0, 0.1) is 18.6 Å². The topological polar surface area (TPSA) is 27.1 Å². The molecule has 5 heteroatoms. The summed E-state index contributed by atoms with van der Waals surface area (Å²) in [6, 6.07) is 8.68. The summed E-state index contributed by atoms with van der Waals surface area (Å²) in [6.45, 7) is 2.73. The van der Waals surface area contributed by atoms with Crippen LogP contribution in [-0.2, 0) is 4.74 Å². The Kier molecular flexibility index (Phi) is 2.97. The van der Waals surface area contributed by atoms with E-state index in [4.69, 9.17) is 4.74 Å². The van der Waals surface area contributed by atoms with Crippen LogP contribution < -0.4 is 0 Å². The number of hydrogen-bond donors (Lipinski definition) is 0. The van der Waals surface area contributed by atoms with Crippen LogP contribution in [0.25, 0.3) is 22.0 Å². The van der Waals surface area contributed by atoms with E-state index in [0.717, 1.165) is 16.5 Å². The van der Waals surface area contributed by atoms with Crippen LogP contribution in [0.3, 0.4) is 0 Å². The number of benzene rings is 2. The van der Waals surface area contributed by atoms with Crippen LogP contribution in [-0.4, -0.2) is 23.0 Å². The Bertz CT molecular complexity index is 845. The van der Waals surface area contributed by atoms with Gasteiger partial charge >= 0.3 is 0 Å². The fourth-order valence-corrected chi connectivity index (χ4v) is 2.78. The molecule has 1 saturated heterocycles. The molecule has 1 aromatic heterocycles. The molecule has 1 fully saturated rings. The van der Waals surface area contributed by atoms with E-state index >= 15 is 0 Å². The monoisotopic (exact) mass is 300 g/mol. The van der Waals surface area contributed by atoms with E-state index in [-0.39, 0.29) is 11.6 Å². The molecule has 0 saturated carbocycles. The molecule has 3 nitrogen and oxygen atoms in total. The van der Waals surface area contributed by atoms with Crippen molar-refractivity contribution in [3.8, 4) is 11.1 Å².